The molecule has 7 heteroatoms. The highest BCUT2D eigenvalue weighted by Crippen LogP contribution is 2.23. The summed E-state index contributed by atoms with van der Waals surface area (Å²) in [6.07, 6.45) is 0. The van der Waals surface area contributed by atoms with E-state index >= 15 is 0 Å². The molecule has 0 aromatic rings. The molecule has 0 rings (SSSR count). The normalized spacial score (nSPS) is 14.7. The van der Waals surface area contributed by atoms with Gasteiger partial charge in [-0.2, -0.15) is 0 Å². The Morgan fingerprint density at radius 2 is 1.91 bits per heavy atom. The second-order valence-corrected chi connectivity index (χ2v) is 3.00. The molecular formula is C4H14NO4PS. The number of hydrogen-bond acceptors (Lipinski definition) is 6. The summed E-state index contributed by atoms with van der Waals surface area (Å²) in [4.78, 5) is 8.29. The van der Waals surface area contributed by atoms with Gasteiger partial charge in [0.15, 0.2) is 0 Å². The summed E-state index contributed by atoms with van der Waals surface area (Å²) in [6.45, 7) is 1.43. The molecule has 0 saturated carbocycles. The molecule has 2 unspecified atom stereocenters. The lowest BCUT2D eigenvalue weighted by atomic mass is 10.8. The molecule has 0 fully saturated rings. The maximum atomic E-state index is 8.29. The average molecular weight is 203 g/mol. The van der Waals surface area contributed by atoms with E-state index in [9.17, 15) is 0 Å². The van der Waals surface area contributed by atoms with Crippen molar-refractivity contribution in [3.63, 3.8) is 0 Å². The zero-order valence-electron chi connectivity index (χ0n) is 6.21. The van der Waals surface area contributed by atoms with Gasteiger partial charge in [-0.05, 0) is 6.92 Å². The molecule has 0 bridgehead atoms. The Bertz CT molecular complexity index is 67.1. The largest absolute Gasteiger partial charge is 0.394 e. The number of thiol groups is 1. The van der Waals surface area contributed by atoms with Crippen LogP contribution in [0.5, 0.6) is 0 Å². The molecule has 5 nitrogen and oxygen atoms in total. The zero-order chi connectivity index (χ0) is 9.28. The molecule has 0 aromatic carbocycles. The van der Waals surface area contributed by atoms with Crippen LogP contribution < -0.4 is 5.50 Å². The van der Waals surface area contributed by atoms with Crippen LogP contribution in [-0.4, -0.2) is 33.8 Å². The van der Waals surface area contributed by atoms with Crippen molar-refractivity contribution in [1.82, 2.24) is 0 Å². The van der Waals surface area contributed by atoms with Gasteiger partial charge in [-0.1, -0.05) is 0 Å². The Balaban J connectivity index is 0. The van der Waals surface area contributed by atoms with Gasteiger partial charge in [0.05, 0.1) is 13.2 Å². The molecule has 0 aromatic heterocycles. The van der Waals surface area contributed by atoms with Crippen molar-refractivity contribution >= 4 is 21.2 Å². The third-order valence-corrected chi connectivity index (χ3v) is 1.16. The van der Waals surface area contributed by atoms with Crippen molar-refractivity contribution in [2.75, 3.05) is 13.2 Å². The van der Waals surface area contributed by atoms with Crippen LogP contribution in [0.25, 0.3) is 0 Å². The van der Waals surface area contributed by atoms with E-state index in [4.69, 9.17) is 20.6 Å². The molecule has 0 aliphatic rings. The molecule has 0 amide bonds. The minimum Gasteiger partial charge on any atom is -0.394 e. The van der Waals surface area contributed by atoms with E-state index in [1.807, 2.05) is 0 Å². The van der Waals surface area contributed by atoms with Gasteiger partial charge in [0.1, 0.15) is 5.44 Å². The van der Waals surface area contributed by atoms with Gasteiger partial charge in [-0.25, -0.2) is 0 Å². The topological polar surface area (TPSA) is 95.9 Å². The summed E-state index contributed by atoms with van der Waals surface area (Å²) in [5.41, 5.74) is 4.57. The fourth-order valence-electron chi connectivity index (χ4n) is 0.156. The predicted octanol–water partition coefficient (Wildman–Crippen LogP) is -0.572. The van der Waals surface area contributed by atoms with Gasteiger partial charge >= 0.3 is 0 Å². The minimum absolute atomic E-state index is 0.125. The van der Waals surface area contributed by atoms with Crippen LogP contribution in [-0.2, 0) is 4.52 Å². The van der Waals surface area contributed by atoms with E-state index in [1.165, 1.54) is 0 Å². The van der Waals surface area contributed by atoms with E-state index < -0.39 is 8.53 Å². The molecule has 11 heavy (non-hydrogen) atoms. The Kier molecular flexibility index (Phi) is 13.6. The quantitative estimate of drug-likeness (QED) is 0.240. The average Bonchev–Trinajstić information content (AvgIpc) is 1.85. The standard InChI is InChI=1S/C2H8NO2PS.C2H6O2/c1-2(7)5-6(3)4;3-1-2-4/h2,4,7H,3H2,1H3;3-4H,1-2H2. The van der Waals surface area contributed by atoms with Gasteiger partial charge in [0.25, 0.3) is 8.53 Å². The summed E-state index contributed by atoms with van der Waals surface area (Å²) in [7, 11) is -1.72. The first-order chi connectivity index (χ1) is 5.04. The van der Waals surface area contributed by atoms with Gasteiger partial charge < -0.3 is 19.6 Å². The molecule has 0 heterocycles. The fourth-order valence-corrected chi connectivity index (χ4v) is 0.759. The first-order valence-electron chi connectivity index (χ1n) is 2.84. The first kappa shape index (κ1) is 14.1. The number of rotatable bonds is 3. The van der Waals surface area contributed by atoms with Crippen molar-refractivity contribution < 1.29 is 19.6 Å². The summed E-state index contributed by atoms with van der Waals surface area (Å²) < 4.78 is 4.51. The molecule has 0 aliphatic carbocycles. The van der Waals surface area contributed by atoms with Gasteiger partial charge in [0.2, 0.25) is 0 Å². The first-order valence-corrected chi connectivity index (χ1v) is 4.64. The highest BCUT2D eigenvalue weighted by Gasteiger charge is 1.98. The third kappa shape index (κ3) is 25.0. The Labute approximate surface area is 72.6 Å². The van der Waals surface area contributed by atoms with E-state index in [0.717, 1.165) is 0 Å². The third-order valence-electron chi connectivity index (χ3n) is 0.361. The summed E-state index contributed by atoms with van der Waals surface area (Å²) in [5, 5.41) is 15.2. The van der Waals surface area contributed by atoms with Crippen LogP contribution in [0.1, 0.15) is 6.92 Å². The van der Waals surface area contributed by atoms with Crippen LogP contribution in [0.2, 0.25) is 0 Å². The summed E-state index contributed by atoms with van der Waals surface area (Å²) >= 11 is 3.79. The second-order valence-electron chi connectivity index (χ2n) is 1.45. The molecular weight excluding hydrogens is 189 g/mol. The lowest BCUT2D eigenvalue weighted by molar-refractivity contribution is 0.186. The smallest absolute Gasteiger partial charge is 0.251 e. The van der Waals surface area contributed by atoms with Crippen molar-refractivity contribution in [3.8, 4) is 0 Å². The van der Waals surface area contributed by atoms with Crippen LogP contribution in [0.15, 0.2) is 0 Å². The van der Waals surface area contributed by atoms with E-state index in [-0.39, 0.29) is 18.6 Å². The van der Waals surface area contributed by atoms with Crippen molar-refractivity contribution in [3.05, 3.63) is 0 Å². The molecule has 2 atom stereocenters. The fraction of sp³-hybridized carbons (Fsp3) is 1.00. The van der Waals surface area contributed by atoms with Gasteiger partial charge in [-0.15, -0.1) is 12.6 Å². The van der Waals surface area contributed by atoms with Crippen molar-refractivity contribution in [2.24, 2.45) is 5.50 Å². The number of aliphatic hydroxyl groups excluding tert-OH is 2. The van der Waals surface area contributed by atoms with Gasteiger partial charge in [-0.3, -0.25) is 5.50 Å². The monoisotopic (exact) mass is 203 g/mol. The van der Waals surface area contributed by atoms with Crippen LogP contribution >= 0.6 is 21.2 Å². The lowest BCUT2D eigenvalue weighted by Crippen LogP contribution is -1.98. The molecule has 5 N–H and O–H groups in total. The molecule has 0 spiro atoms. The number of aliphatic hydroxyl groups is 2. The molecule has 0 saturated heterocycles. The lowest BCUT2D eigenvalue weighted by Gasteiger charge is -2.05. The minimum atomic E-state index is -1.72. The second kappa shape index (κ2) is 10.6. The maximum Gasteiger partial charge on any atom is 0.251 e. The SMILES string of the molecule is CC(S)OP(N)O.OCCO. The van der Waals surface area contributed by atoms with Crippen LogP contribution in [0.3, 0.4) is 0 Å². The van der Waals surface area contributed by atoms with E-state index in [0.29, 0.717) is 0 Å². The Morgan fingerprint density at radius 1 is 1.55 bits per heavy atom. The summed E-state index contributed by atoms with van der Waals surface area (Å²) in [5.74, 6) is 0. The summed E-state index contributed by atoms with van der Waals surface area (Å²) in [6, 6.07) is 0. The van der Waals surface area contributed by atoms with Gasteiger partial charge in [0, 0.05) is 0 Å². The molecule has 0 radical (unpaired) electrons. The Hall–Kier alpha value is 0.580. The number of nitrogens with two attached hydrogens (primary N) is 1. The van der Waals surface area contributed by atoms with Crippen LogP contribution in [0, 0.1) is 0 Å². The predicted molar refractivity (Wildman–Crippen MR) is 47.0 cm³/mol. The highest BCUT2D eigenvalue weighted by atomic mass is 32.1. The molecule has 70 valence electrons. The van der Waals surface area contributed by atoms with Crippen LogP contribution in [0.4, 0.5) is 0 Å². The van der Waals surface area contributed by atoms with E-state index in [1.54, 1.807) is 6.92 Å². The Morgan fingerprint density at radius 3 is 1.91 bits per heavy atom. The van der Waals surface area contributed by atoms with E-state index in [2.05, 4.69) is 17.2 Å². The molecule has 0 aliphatic heterocycles. The highest BCUT2D eigenvalue weighted by molar-refractivity contribution is 7.80. The zero-order valence-corrected chi connectivity index (χ0v) is 8.00. The number of hydrogen-bond donors (Lipinski definition) is 5. The van der Waals surface area contributed by atoms with Crippen molar-refractivity contribution in [1.29, 1.82) is 0 Å². The van der Waals surface area contributed by atoms with Crippen molar-refractivity contribution in [2.45, 2.75) is 12.4 Å². The maximum absolute atomic E-state index is 8.29.